The van der Waals surface area contributed by atoms with Crippen molar-refractivity contribution in [2.75, 3.05) is 46.3 Å². The highest BCUT2D eigenvalue weighted by atomic mass is 16.2. The molecule has 1 amide bonds. The fraction of sp³-hybridized carbons (Fsp3) is 0.429. The van der Waals surface area contributed by atoms with E-state index < -0.39 is 0 Å². The molecule has 0 radical (unpaired) electrons. The topological polar surface area (TPSA) is 39.7 Å². The van der Waals surface area contributed by atoms with E-state index in [9.17, 15) is 4.79 Å². The number of likely N-dealkylation sites (tertiary alicyclic amines) is 1. The van der Waals surface area contributed by atoms with E-state index in [1.165, 1.54) is 29.4 Å². The van der Waals surface area contributed by atoms with E-state index in [-0.39, 0.29) is 5.91 Å². The summed E-state index contributed by atoms with van der Waals surface area (Å²) in [6.07, 6.45) is 5.34. The second-order valence-electron chi connectivity index (χ2n) is 9.75. The highest BCUT2D eigenvalue weighted by molar-refractivity contribution is 5.95. The molecule has 2 aliphatic heterocycles. The number of carbonyl (C=O) groups excluding carboxylic acids is 1. The Morgan fingerprint density at radius 3 is 2.70 bits per heavy atom. The quantitative estimate of drug-likeness (QED) is 0.597. The van der Waals surface area contributed by atoms with Crippen LogP contribution in [0.25, 0.3) is 10.9 Å². The van der Waals surface area contributed by atoms with Crippen LogP contribution in [0, 0.1) is 5.92 Å². The Labute approximate surface area is 197 Å². The van der Waals surface area contributed by atoms with Crippen molar-refractivity contribution in [2.24, 2.45) is 5.92 Å². The maximum absolute atomic E-state index is 13.7. The first kappa shape index (κ1) is 22.1. The second kappa shape index (κ2) is 10.0. The molecule has 0 bridgehead atoms. The van der Waals surface area contributed by atoms with E-state index >= 15 is 0 Å². The highest BCUT2D eigenvalue weighted by Crippen LogP contribution is 2.22. The third-order valence-corrected chi connectivity index (χ3v) is 7.12. The molecule has 1 unspecified atom stereocenters. The molecule has 5 rings (SSSR count). The van der Waals surface area contributed by atoms with Crippen molar-refractivity contribution in [3.63, 3.8) is 0 Å². The van der Waals surface area contributed by atoms with Crippen LogP contribution in [0.2, 0.25) is 0 Å². The van der Waals surface area contributed by atoms with Gasteiger partial charge >= 0.3 is 0 Å². The molecule has 1 atom stereocenters. The average Bonchev–Trinajstić information content (AvgIpc) is 3.27. The molecule has 5 nitrogen and oxygen atoms in total. The summed E-state index contributed by atoms with van der Waals surface area (Å²) in [6, 6.07) is 18.9. The molecule has 0 saturated carbocycles. The average molecular weight is 443 g/mol. The molecule has 0 N–H and O–H groups in total. The number of fused-ring (bicyclic) bond motifs is 1. The predicted octanol–water partition coefficient (Wildman–Crippen LogP) is 4.08. The highest BCUT2D eigenvalue weighted by Gasteiger charge is 2.27. The van der Waals surface area contributed by atoms with Gasteiger partial charge in [-0.1, -0.05) is 30.3 Å². The fourth-order valence-corrected chi connectivity index (χ4v) is 5.40. The summed E-state index contributed by atoms with van der Waals surface area (Å²) in [5.74, 6) is 0.592. The summed E-state index contributed by atoms with van der Waals surface area (Å²) in [4.78, 5) is 25.1. The molecule has 2 aliphatic rings. The number of pyridine rings is 1. The molecular weight excluding hydrogens is 408 g/mol. The van der Waals surface area contributed by atoms with Crippen LogP contribution in [0.1, 0.15) is 34.3 Å². The third kappa shape index (κ3) is 5.26. The van der Waals surface area contributed by atoms with Gasteiger partial charge in [0.15, 0.2) is 0 Å². The molecule has 172 valence electrons. The Kier molecular flexibility index (Phi) is 6.70. The van der Waals surface area contributed by atoms with Gasteiger partial charge in [0.25, 0.3) is 5.91 Å². The molecule has 33 heavy (non-hydrogen) atoms. The summed E-state index contributed by atoms with van der Waals surface area (Å²) >= 11 is 0. The minimum atomic E-state index is 0.188. The van der Waals surface area contributed by atoms with Gasteiger partial charge in [-0.2, -0.15) is 0 Å². The van der Waals surface area contributed by atoms with Crippen LogP contribution in [0.5, 0.6) is 0 Å². The van der Waals surface area contributed by atoms with Crippen LogP contribution >= 0.6 is 0 Å². The maximum atomic E-state index is 13.7. The second-order valence-corrected chi connectivity index (χ2v) is 9.75. The van der Waals surface area contributed by atoms with Crippen molar-refractivity contribution >= 4 is 16.8 Å². The maximum Gasteiger partial charge on any atom is 0.254 e. The first-order valence-corrected chi connectivity index (χ1v) is 12.3. The van der Waals surface area contributed by atoms with Crippen molar-refractivity contribution in [3.05, 3.63) is 77.5 Å². The first-order chi connectivity index (χ1) is 16.2. The molecular formula is C28H34N4O. The van der Waals surface area contributed by atoms with Crippen molar-refractivity contribution < 1.29 is 4.79 Å². The Morgan fingerprint density at radius 1 is 0.970 bits per heavy atom. The zero-order chi connectivity index (χ0) is 22.6. The van der Waals surface area contributed by atoms with Crippen molar-refractivity contribution in [1.29, 1.82) is 0 Å². The van der Waals surface area contributed by atoms with Gasteiger partial charge in [-0.05, 0) is 80.7 Å². The lowest BCUT2D eigenvalue weighted by atomic mass is 9.97. The van der Waals surface area contributed by atoms with Crippen LogP contribution in [0.15, 0.2) is 60.8 Å². The van der Waals surface area contributed by atoms with Crippen molar-refractivity contribution in [2.45, 2.75) is 25.8 Å². The third-order valence-electron chi connectivity index (χ3n) is 7.12. The Hall–Kier alpha value is -2.76. The molecule has 2 aromatic carbocycles. The summed E-state index contributed by atoms with van der Waals surface area (Å²) in [5, 5.41) is 1.18. The Morgan fingerprint density at radius 2 is 1.82 bits per heavy atom. The van der Waals surface area contributed by atoms with E-state index in [2.05, 4.69) is 63.1 Å². The lowest BCUT2D eigenvalue weighted by molar-refractivity contribution is 0.0744. The molecule has 0 spiro atoms. The van der Waals surface area contributed by atoms with Crippen LogP contribution in [0.4, 0.5) is 0 Å². The fourth-order valence-electron chi connectivity index (χ4n) is 5.40. The van der Waals surface area contributed by atoms with Gasteiger partial charge in [0.2, 0.25) is 0 Å². The first-order valence-electron chi connectivity index (χ1n) is 12.3. The normalized spacial score (nSPS) is 20.3. The molecule has 2 fully saturated rings. The number of hydrogen-bond donors (Lipinski definition) is 0. The van der Waals surface area contributed by atoms with E-state index in [1.807, 2.05) is 24.4 Å². The molecule has 5 heteroatoms. The van der Waals surface area contributed by atoms with Gasteiger partial charge in [-0.25, -0.2) is 0 Å². The van der Waals surface area contributed by atoms with E-state index in [4.69, 9.17) is 0 Å². The summed E-state index contributed by atoms with van der Waals surface area (Å²) in [5.41, 5.74) is 4.40. The standard InChI is InChI=1S/C28H34N4O/c1-30-15-16-32(28(33)26-9-3-2-7-25(26)21-31-13-4-5-14-31)20-23(19-30)17-22-10-11-27-24(18-22)8-6-12-29-27/h2-3,6-12,18,23H,4-5,13-17,19-21H2,1H3. The lowest BCUT2D eigenvalue weighted by Gasteiger charge is -2.26. The van der Waals surface area contributed by atoms with Crippen molar-refractivity contribution in [3.8, 4) is 0 Å². The molecule has 2 saturated heterocycles. The lowest BCUT2D eigenvalue weighted by Crippen LogP contribution is -2.37. The van der Waals surface area contributed by atoms with E-state index in [1.54, 1.807) is 0 Å². The molecule has 3 heterocycles. The number of rotatable bonds is 5. The van der Waals surface area contributed by atoms with Crippen LogP contribution in [-0.2, 0) is 13.0 Å². The number of benzene rings is 2. The summed E-state index contributed by atoms with van der Waals surface area (Å²) in [7, 11) is 2.17. The van der Waals surface area contributed by atoms with Gasteiger partial charge in [0.1, 0.15) is 0 Å². The van der Waals surface area contributed by atoms with Gasteiger partial charge in [-0.3, -0.25) is 14.7 Å². The summed E-state index contributed by atoms with van der Waals surface area (Å²) < 4.78 is 0. The number of likely N-dealkylation sites (N-methyl/N-ethyl adjacent to an activating group) is 1. The van der Waals surface area contributed by atoms with Crippen LogP contribution < -0.4 is 0 Å². The van der Waals surface area contributed by atoms with Gasteiger partial charge in [-0.15, -0.1) is 0 Å². The van der Waals surface area contributed by atoms with Gasteiger partial charge in [0, 0.05) is 49.9 Å². The largest absolute Gasteiger partial charge is 0.337 e. The smallest absolute Gasteiger partial charge is 0.254 e. The molecule has 3 aromatic rings. The molecule has 0 aliphatic carbocycles. The minimum absolute atomic E-state index is 0.188. The summed E-state index contributed by atoms with van der Waals surface area (Å²) in [6.45, 7) is 6.66. The number of aromatic nitrogens is 1. The number of carbonyl (C=O) groups is 1. The van der Waals surface area contributed by atoms with Crippen LogP contribution in [0.3, 0.4) is 0 Å². The zero-order valence-electron chi connectivity index (χ0n) is 19.6. The minimum Gasteiger partial charge on any atom is -0.337 e. The Balaban J connectivity index is 1.33. The van der Waals surface area contributed by atoms with Gasteiger partial charge < -0.3 is 9.80 Å². The molecule has 1 aromatic heterocycles. The predicted molar refractivity (Wildman–Crippen MR) is 133 cm³/mol. The van der Waals surface area contributed by atoms with E-state index in [0.29, 0.717) is 5.92 Å². The number of amides is 1. The van der Waals surface area contributed by atoms with Crippen molar-refractivity contribution in [1.82, 2.24) is 19.7 Å². The zero-order valence-corrected chi connectivity index (χ0v) is 19.6. The monoisotopic (exact) mass is 442 g/mol. The number of nitrogens with zero attached hydrogens (tertiary/aromatic N) is 4. The van der Waals surface area contributed by atoms with E-state index in [0.717, 1.165) is 63.3 Å². The van der Waals surface area contributed by atoms with Gasteiger partial charge in [0.05, 0.1) is 5.52 Å². The number of hydrogen-bond acceptors (Lipinski definition) is 4. The SMILES string of the molecule is CN1CCN(C(=O)c2ccccc2CN2CCCC2)CC(Cc2ccc3ncccc3c2)C1. The Bertz CT molecular complexity index is 1110. The van der Waals surface area contributed by atoms with Crippen LogP contribution in [-0.4, -0.2) is 71.9 Å².